The van der Waals surface area contributed by atoms with Crippen molar-refractivity contribution in [1.82, 2.24) is 0 Å². The predicted octanol–water partition coefficient (Wildman–Crippen LogP) is 5.23. The van der Waals surface area contributed by atoms with Crippen molar-refractivity contribution in [2.24, 2.45) is 0 Å². The van der Waals surface area contributed by atoms with Gasteiger partial charge in [-0.3, -0.25) is 0 Å². The van der Waals surface area contributed by atoms with E-state index in [0.29, 0.717) is 0 Å². The van der Waals surface area contributed by atoms with Crippen molar-refractivity contribution in [3.8, 4) is 5.75 Å². The minimum atomic E-state index is 0.164. The van der Waals surface area contributed by atoms with Gasteiger partial charge in [-0.15, -0.1) is 12.6 Å². The monoisotopic (exact) mass is 266 g/mol. The summed E-state index contributed by atoms with van der Waals surface area (Å²) >= 11 is 4.52. The Balaban J connectivity index is 2.53. The third-order valence-corrected chi connectivity index (χ3v) is 3.43. The molecule has 0 aromatic heterocycles. The number of benzene rings is 1. The summed E-state index contributed by atoms with van der Waals surface area (Å²) in [4.78, 5) is 0.943. The van der Waals surface area contributed by atoms with Crippen LogP contribution in [0.5, 0.6) is 5.75 Å². The third-order valence-electron chi connectivity index (χ3n) is 3.08. The molecular formula is C16H26OS. The van der Waals surface area contributed by atoms with E-state index in [-0.39, 0.29) is 5.41 Å². The summed E-state index contributed by atoms with van der Waals surface area (Å²) in [5.41, 5.74) is 1.46. The van der Waals surface area contributed by atoms with Gasteiger partial charge in [0.25, 0.3) is 0 Å². The van der Waals surface area contributed by atoms with Gasteiger partial charge in [0.1, 0.15) is 5.75 Å². The lowest BCUT2D eigenvalue weighted by Gasteiger charge is -2.20. The molecule has 0 aliphatic carbocycles. The first kappa shape index (κ1) is 15.4. The fraction of sp³-hybridized carbons (Fsp3) is 0.625. The van der Waals surface area contributed by atoms with Gasteiger partial charge in [0.2, 0.25) is 0 Å². The number of hydrogen-bond donors (Lipinski definition) is 1. The number of rotatable bonds is 6. The van der Waals surface area contributed by atoms with Crippen molar-refractivity contribution in [2.45, 2.75) is 63.7 Å². The molecule has 1 aromatic carbocycles. The van der Waals surface area contributed by atoms with Crippen LogP contribution in [0.3, 0.4) is 0 Å². The Morgan fingerprint density at radius 1 is 1.11 bits per heavy atom. The average molecular weight is 266 g/mol. The molecule has 0 atom stereocenters. The van der Waals surface area contributed by atoms with Crippen LogP contribution in [0.4, 0.5) is 0 Å². The normalized spacial score (nSPS) is 11.6. The van der Waals surface area contributed by atoms with Crippen LogP contribution < -0.4 is 4.74 Å². The van der Waals surface area contributed by atoms with E-state index in [2.05, 4.69) is 52.5 Å². The van der Waals surface area contributed by atoms with E-state index in [1.807, 2.05) is 6.07 Å². The van der Waals surface area contributed by atoms with E-state index in [0.717, 1.165) is 23.7 Å². The lowest BCUT2D eigenvalue weighted by Crippen LogP contribution is -2.11. The minimum absolute atomic E-state index is 0.164. The van der Waals surface area contributed by atoms with Crippen molar-refractivity contribution in [3.63, 3.8) is 0 Å². The maximum Gasteiger partial charge on any atom is 0.132 e. The van der Waals surface area contributed by atoms with Gasteiger partial charge in [-0.2, -0.15) is 0 Å². The highest BCUT2D eigenvalue weighted by atomic mass is 32.1. The highest BCUT2D eigenvalue weighted by Gasteiger charge is 2.14. The van der Waals surface area contributed by atoms with Gasteiger partial charge >= 0.3 is 0 Å². The van der Waals surface area contributed by atoms with E-state index in [1.54, 1.807) is 0 Å². The molecule has 0 amide bonds. The smallest absolute Gasteiger partial charge is 0.132 e. The molecule has 0 fully saturated rings. The Morgan fingerprint density at radius 2 is 1.83 bits per heavy atom. The van der Waals surface area contributed by atoms with Crippen molar-refractivity contribution >= 4 is 12.6 Å². The first-order chi connectivity index (χ1) is 8.45. The lowest BCUT2D eigenvalue weighted by molar-refractivity contribution is 0.298. The topological polar surface area (TPSA) is 9.23 Å². The average Bonchev–Trinajstić information content (AvgIpc) is 2.29. The van der Waals surface area contributed by atoms with Gasteiger partial charge < -0.3 is 4.74 Å². The molecule has 102 valence electrons. The summed E-state index contributed by atoms with van der Waals surface area (Å²) in [6, 6.07) is 6.30. The molecular weight excluding hydrogens is 240 g/mol. The maximum atomic E-state index is 5.77. The highest BCUT2D eigenvalue weighted by Crippen LogP contribution is 2.30. The van der Waals surface area contributed by atoms with E-state index in [4.69, 9.17) is 4.74 Å². The van der Waals surface area contributed by atoms with Gasteiger partial charge in [-0.05, 0) is 29.5 Å². The van der Waals surface area contributed by atoms with E-state index >= 15 is 0 Å². The van der Waals surface area contributed by atoms with Crippen LogP contribution in [0.2, 0.25) is 0 Å². The predicted molar refractivity (Wildman–Crippen MR) is 82.0 cm³/mol. The molecule has 1 rings (SSSR count). The second kappa shape index (κ2) is 7.08. The Hall–Kier alpha value is -0.630. The summed E-state index contributed by atoms with van der Waals surface area (Å²) in [5, 5.41) is 0. The summed E-state index contributed by atoms with van der Waals surface area (Å²) in [6.45, 7) is 9.64. The highest BCUT2D eigenvalue weighted by molar-refractivity contribution is 7.80. The third kappa shape index (κ3) is 4.93. The molecule has 0 saturated carbocycles. The van der Waals surface area contributed by atoms with Crippen LogP contribution in [-0.4, -0.2) is 6.61 Å². The largest absolute Gasteiger partial charge is 0.492 e. The number of hydrogen-bond acceptors (Lipinski definition) is 2. The molecule has 0 aliphatic heterocycles. The first-order valence-electron chi connectivity index (χ1n) is 6.91. The quantitative estimate of drug-likeness (QED) is 0.548. The second-order valence-corrected chi connectivity index (χ2v) is 6.32. The van der Waals surface area contributed by atoms with Crippen LogP contribution in [0.15, 0.2) is 23.1 Å². The minimum Gasteiger partial charge on any atom is -0.492 e. The molecule has 0 N–H and O–H groups in total. The van der Waals surface area contributed by atoms with Crippen molar-refractivity contribution in [3.05, 3.63) is 23.8 Å². The second-order valence-electron chi connectivity index (χ2n) is 5.84. The van der Waals surface area contributed by atoms with Crippen LogP contribution in [-0.2, 0) is 5.41 Å². The van der Waals surface area contributed by atoms with Gasteiger partial charge in [0.05, 0.1) is 6.61 Å². The van der Waals surface area contributed by atoms with E-state index in [9.17, 15) is 0 Å². The molecule has 18 heavy (non-hydrogen) atoms. The van der Waals surface area contributed by atoms with Crippen LogP contribution in [0.1, 0.15) is 58.9 Å². The molecule has 1 nitrogen and oxygen atoms in total. The van der Waals surface area contributed by atoms with Gasteiger partial charge in [0.15, 0.2) is 0 Å². The van der Waals surface area contributed by atoms with Crippen LogP contribution in [0.25, 0.3) is 0 Å². The summed E-state index contributed by atoms with van der Waals surface area (Å²) in [5.74, 6) is 0.905. The molecule has 0 saturated heterocycles. The van der Waals surface area contributed by atoms with Gasteiger partial charge in [0, 0.05) is 4.90 Å². The summed E-state index contributed by atoms with van der Waals surface area (Å²) in [7, 11) is 0. The molecule has 0 aliphatic rings. The van der Waals surface area contributed by atoms with Crippen molar-refractivity contribution in [1.29, 1.82) is 0 Å². The van der Waals surface area contributed by atoms with E-state index in [1.165, 1.54) is 24.8 Å². The Labute approximate surface area is 117 Å². The molecule has 0 radical (unpaired) electrons. The zero-order valence-corrected chi connectivity index (χ0v) is 13.0. The van der Waals surface area contributed by atoms with E-state index < -0.39 is 0 Å². The molecule has 0 unspecified atom stereocenters. The summed E-state index contributed by atoms with van der Waals surface area (Å²) in [6.07, 6.45) is 4.93. The number of unbranched alkanes of at least 4 members (excludes halogenated alkanes) is 3. The van der Waals surface area contributed by atoms with Crippen LogP contribution in [0, 0.1) is 0 Å². The lowest BCUT2D eigenvalue weighted by atomic mass is 9.87. The van der Waals surface area contributed by atoms with Gasteiger partial charge in [-0.25, -0.2) is 0 Å². The zero-order valence-electron chi connectivity index (χ0n) is 12.1. The molecule has 1 aromatic rings. The van der Waals surface area contributed by atoms with Gasteiger partial charge in [-0.1, -0.05) is 53.0 Å². The SMILES string of the molecule is CCCCCCOc1ccc(C(C)(C)C)cc1S. The fourth-order valence-electron chi connectivity index (χ4n) is 1.82. The summed E-state index contributed by atoms with van der Waals surface area (Å²) < 4.78 is 5.77. The molecule has 0 heterocycles. The Kier molecular flexibility index (Phi) is 6.07. The maximum absolute atomic E-state index is 5.77. The molecule has 2 heteroatoms. The van der Waals surface area contributed by atoms with Crippen LogP contribution >= 0.6 is 12.6 Å². The Morgan fingerprint density at radius 3 is 2.39 bits per heavy atom. The standard InChI is InChI=1S/C16H26OS/c1-5-6-7-8-11-17-14-10-9-13(12-15(14)18)16(2,3)4/h9-10,12,18H,5-8,11H2,1-4H3. The fourth-order valence-corrected chi connectivity index (χ4v) is 2.10. The molecule has 0 spiro atoms. The Bertz CT molecular complexity index is 366. The first-order valence-corrected chi connectivity index (χ1v) is 7.36. The number of ether oxygens (including phenoxy) is 1. The van der Waals surface area contributed by atoms with Crippen molar-refractivity contribution < 1.29 is 4.74 Å². The number of thiol groups is 1. The van der Waals surface area contributed by atoms with Crippen molar-refractivity contribution in [2.75, 3.05) is 6.61 Å². The molecule has 0 bridgehead atoms. The zero-order chi connectivity index (χ0) is 13.6.